The van der Waals surface area contributed by atoms with E-state index < -0.39 is 0 Å². The smallest absolute Gasteiger partial charge is 0.00328 e. The molecular formula is C29H30P2. The second-order valence-corrected chi connectivity index (χ2v) is 12.6. The van der Waals surface area contributed by atoms with E-state index in [9.17, 15) is 0 Å². The van der Waals surface area contributed by atoms with E-state index in [1.807, 2.05) is 0 Å². The molecular weight excluding hydrogens is 410 g/mol. The molecule has 0 spiro atoms. The maximum atomic E-state index is 2.33. The first-order valence-electron chi connectivity index (χ1n) is 11.1. The lowest BCUT2D eigenvalue weighted by atomic mass is 10.2. The van der Waals surface area contributed by atoms with Gasteiger partial charge in [0.2, 0.25) is 0 Å². The maximum Gasteiger partial charge on any atom is -0.00328 e. The van der Waals surface area contributed by atoms with Gasteiger partial charge in [0, 0.05) is 0 Å². The number of hydrogen-bond donors (Lipinski definition) is 0. The first-order valence-corrected chi connectivity index (χ1v) is 14.5. The van der Waals surface area contributed by atoms with Crippen LogP contribution in [0.25, 0.3) is 0 Å². The molecule has 31 heavy (non-hydrogen) atoms. The Bertz CT molecular complexity index is 917. The highest BCUT2D eigenvalue weighted by Crippen LogP contribution is 2.44. The summed E-state index contributed by atoms with van der Waals surface area (Å²) in [6.07, 6.45) is 6.26. The van der Waals surface area contributed by atoms with Crippen LogP contribution in [0.1, 0.15) is 17.5 Å². The normalized spacial score (nSPS) is 12.9. The Hall–Kier alpha value is -2.26. The quantitative estimate of drug-likeness (QED) is 0.226. The zero-order valence-corrected chi connectivity index (χ0v) is 19.8. The molecule has 0 fully saturated rings. The highest BCUT2D eigenvalue weighted by atomic mass is 31.1. The SMILES string of the molecule is c1ccc(CP(CCC[P@@](Cc2ccccc2)c2ccccc2)c2ccccc2)cc1. The molecule has 0 N–H and O–H groups in total. The summed E-state index contributed by atoms with van der Waals surface area (Å²) in [4.78, 5) is 0. The van der Waals surface area contributed by atoms with Gasteiger partial charge < -0.3 is 0 Å². The third-order valence-electron chi connectivity index (χ3n) is 5.53. The summed E-state index contributed by atoms with van der Waals surface area (Å²) in [6.45, 7) is 0. The highest BCUT2D eigenvalue weighted by molar-refractivity contribution is 7.65. The van der Waals surface area contributed by atoms with Crippen molar-refractivity contribution in [1.29, 1.82) is 0 Å². The molecule has 0 aliphatic rings. The van der Waals surface area contributed by atoms with Crippen LogP contribution >= 0.6 is 15.8 Å². The predicted octanol–water partition coefficient (Wildman–Crippen LogP) is 7.39. The second kappa shape index (κ2) is 12.0. The van der Waals surface area contributed by atoms with E-state index in [-0.39, 0.29) is 15.8 Å². The zero-order valence-electron chi connectivity index (χ0n) is 18.0. The van der Waals surface area contributed by atoms with Gasteiger partial charge >= 0.3 is 0 Å². The molecule has 2 heteroatoms. The first kappa shape index (κ1) is 22.0. The van der Waals surface area contributed by atoms with Crippen LogP contribution in [0.4, 0.5) is 0 Å². The zero-order chi connectivity index (χ0) is 21.1. The molecule has 4 aromatic rings. The molecule has 1 unspecified atom stereocenters. The molecule has 156 valence electrons. The third-order valence-corrected chi connectivity index (χ3v) is 10.8. The van der Waals surface area contributed by atoms with Crippen molar-refractivity contribution in [2.24, 2.45) is 0 Å². The molecule has 0 saturated heterocycles. The molecule has 0 heterocycles. The van der Waals surface area contributed by atoms with E-state index in [4.69, 9.17) is 0 Å². The van der Waals surface area contributed by atoms with E-state index in [1.54, 1.807) is 0 Å². The Balaban J connectivity index is 1.45. The minimum Gasteiger partial charge on any atom is -0.0708 e. The fourth-order valence-corrected chi connectivity index (χ4v) is 8.95. The van der Waals surface area contributed by atoms with E-state index in [2.05, 4.69) is 121 Å². The molecule has 0 aliphatic heterocycles. The topological polar surface area (TPSA) is 0 Å². The summed E-state index contributed by atoms with van der Waals surface area (Å²) in [5.41, 5.74) is 2.93. The minimum atomic E-state index is -0.181. The molecule has 0 saturated carbocycles. The van der Waals surface area contributed by atoms with Gasteiger partial charge in [0.25, 0.3) is 0 Å². The Morgan fingerprint density at radius 3 is 1.06 bits per heavy atom. The van der Waals surface area contributed by atoms with Crippen LogP contribution < -0.4 is 10.6 Å². The van der Waals surface area contributed by atoms with E-state index in [0.717, 1.165) is 0 Å². The van der Waals surface area contributed by atoms with Gasteiger partial charge in [0.15, 0.2) is 0 Å². The summed E-state index contributed by atoms with van der Waals surface area (Å²) in [6, 6.07) is 44.4. The predicted molar refractivity (Wildman–Crippen MR) is 141 cm³/mol. The fraction of sp³-hybridized carbons (Fsp3) is 0.172. The third kappa shape index (κ3) is 6.87. The Labute approximate surface area is 189 Å². The maximum absolute atomic E-state index is 2.33. The van der Waals surface area contributed by atoms with Crippen molar-refractivity contribution < 1.29 is 0 Å². The van der Waals surface area contributed by atoms with Crippen LogP contribution in [0.2, 0.25) is 0 Å². The molecule has 0 amide bonds. The van der Waals surface area contributed by atoms with Crippen LogP contribution in [0.3, 0.4) is 0 Å². The summed E-state index contributed by atoms with van der Waals surface area (Å²) >= 11 is 0. The molecule has 0 bridgehead atoms. The van der Waals surface area contributed by atoms with Crippen molar-refractivity contribution in [1.82, 2.24) is 0 Å². The Morgan fingerprint density at radius 2 is 0.710 bits per heavy atom. The van der Waals surface area contributed by atoms with Crippen molar-refractivity contribution in [3.05, 3.63) is 132 Å². The van der Waals surface area contributed by atoms with Gasteiger partial charge in [0.05, 0.1) is 0 Å². The van der Waals surface area contributed by atoms with Gasteiger partial charge in [-0.15, -0.1) is 0 Å². The number of rotatable bonds is 10. The summed E-state index contributed by atoms with van der Waals surface area (Å²) in [5, 5.41) is 3.07. The van der Waals surface area contributed by atoms with Gasteiger partial charge in [0.1, 0.15) is 0 Å². The lowest BCUT2D eigenvalue weighted by molar-refractivity contribution is 1.09. The van der Waals surface area contributed by atoms with Crippen molar-refractivity contribution >= 4 is 26.5 Å². The highest BCUT2D eigenvalue weighted by Gasteiger charge is 2.15. The average molecular weight is 441 g/mol. The number of hydrogen-bond acceptors (Lipinski definition) is 0. The van der Waals surface area contributed by atoms with Crippen LogP contribution in [-0.2, 0) is 12.3 Å². The summed E-state index contributed by atoms with van der Waals surface area (Å²) in [7, 11) is -0.361. The van der Waals surface area contributed by atoms with Gasteiger partial charge in [-0.25, -0.2) is 0 Å². The van der Waals surface area contributed by atoms with E-state index in [1.165, 1.54) is 52.8 Å². The van der Waals surface area contributed by atoms with Crippen molar-refractivity contribution in [2.75, 3.05) is 12.3 Å². The molecule has 4 rings (SSSR count). The van der Waals surface area contributed by atoms with Gasteiger partial charge in [-0.2, -0.15) is 0 Å². The molecule has 2 atom stereocenters. The van der Waals surface area contributed by atoms with Crippen LogP contribution in [0.15, 0.2) is 121 Å². The lowest BCUT2D eigenvalue weighted by Crippen LogP contribution is -2.09. The van der Waals surface area contributed by atoms with E-state index in [0.29, 0.717) is 0 Å². The van der Waals surface area contributed by atoms with Gasteiger partial charge in [-0.3, -0.25) is 0 Å². The van der Waals surface area contributed by atoms with Crippen LogP contribution in [0, 0.1) is 0 Å². The second-order valence-electron chi connectivity index (χ2n) is 7.84. The van der Waals surface area contributed by atoms with Crippen molar-refractivity contribution in [3.8, 4) is 0 Å². The fourth-order valence-electron chi connectivity index (χ4n) is 3.94. The summed E-state index contributed by atoms with van der Waals surface area (Å²) < 4.78 is 0. The average Bonchev–Trinajstić information content (AvgIpc) is 2.85. The Kier molecular flexibility index (Phi) is 8.46. The van der Waals surface area contributed by atoms with E-state index >= 15 is 0 Å². The van der Waals surface area contributed by atoms with Gasteiger partial charge in [-0.05, 0) is 52.8 Å². The monoisotopic (exact) mass is 440 g/mol. The lowest BCUT2D eigenvalue weighted by Gasteiger charge is -2.22. The minimum absolute atomic E-state index is 0.181. The summed E-state index contributed by atoms with van der Waals surface area (Å²) in [5.74, 6) is 0. The molecule has 4 aromatic carbocycles. The first-order chi connectivity index (χ1) is 15.4. The number of benzene rings is 4. The van der Waals surface area contributed by atoms with Crippen LogP contribution in [0.5, 0.6) is 0 Å². The standard InChI is InChI=1S/C29H30P2/c1-5-14-26(15-6-1)24-30(28-18-9-3-10-19-28)22-13-23-31(29-20-11-4-12-21-29)25-27-16-7-2-8-17-27/h1-12,14-21H,13,22-25H2/t30-,31?/m0/s1. The molecule has 0 radical (unpaired) electrons. The van der Waals surface area contributed by atoms with Crippen LogP contribution in [-0.4, -0.2) is 12.3 Å². The van der Waals surface area contributed by atoms with Crippen molar-refractivity contribution in [3.63, 3.8) is 0 Å². The molecule has 0 aliphatic carbocycles. The molecule has 0 aromatic heterocycles. The Morgan fingerprint density at radius 1 is 0.387 bits per heavy atom. The van der Waals surface area contributed by atoms with Crippen molar-refractivity contribution in [2.45, 2.75) is 18.7 Å². The van der Waals surface area contributed by atoms with Gasteiger partial charge in [-0.1, -0.05) is 137 Å². The largest absolute Gasteiger partial charge is 0.0708 e. The molecule has 0 nitrogen and oxygen atoms in total.